The molecular weight excluding hydrogens is 510 g/mol. The van der Waals surface area contributed by atoms with Crippen LogP contribution in [0, 0.1) is 6.92 Å². The van der Waals surface area contributed by atoms with E-state index in [4.69, 9.17) is 9.40 Å². The fourth-order valence-electron chi connectivity index (χ4n) is 6.21. The molecule has 0 aliphatic rings. The lowest BCUT2D eigenvalue weighted by molar-refractivity contribution is 0.655. The van der Waals surface area contributed by atoms with Crippen molar-refractivity contribution in [2.45, 2.75) is 6.92 Å². The lowest BCUT2D eigenvalue weighted by Crippen LogP contribution is -1.98. The molecule has 0 aliphatic heterocycles. The number of nitrogens with zero attached hydrogens (tertiary/aromatic N) is 3. The molecule has 40 heavy (non-hydrogen) atoms. The van der Waals surface area contributed by atoms with Crippen molar-refractivity contribution >= 4 is 75.4 Å². The summed E-state index contributed by atoms with van der Waals surface area (Å²) in [5.41, 5.74) is 6.82. The van der Waals surface area contributed by atoms with Crippen LogP contribution in [-0.2, 0) is 0 Å². The molecule has 4 heterocycles. The monoisotopic (exact) mass is 531 g/mol. The van der Waals surface area contributed by atoms with Gasteiger partial charge in [0.05, 0.1) is 32.4 Å². The number of thiophene rings is 1. The molecule has 4 nitrogen and oxygen atoms in total. The number of fused-ring (bicyclic) bond motifs is 9. The smallest absolute Gasteiger partial charge is 0.227 e. The van der Waals surface area contributed by atoms with Gasteiger partial charge in [0.15, 0.2) is 0 Å². The van der Waals surface area contributed by atoms with Crippen molar-refractivity contribution in [3.8, 4) is 17.1 Å². The van der Waals surface area contributed by atoms with Gasteiger partial charge in [-0.25, -0.2) is 9.97 Å². The molecule has 9 aromatic rings. The fraction of sp³-hybridized carbons (Fsp3) is 0.0286. The largest absolute Gasteiger partial charge is 0.437 e. The maximum absolute atomic E-state index is 6.53. The summed E-state index contributed by atoms with van der Waals surface area (Å²) in [4.78, 5) is 9.90. The standard InChI is InChI=1S/C35H21N3OS/c1-20-17-18-28(33-30(20)23-11-4-7-16-29(23)40-33)38-27-15-6-5-14-26(27)37-34(38)25-13-8-12-24-31-22-10-3-2-9-21(22)19-36-35(31)39-32(24)25/h2-19H,1H3. The van der Waals surface area contributed by atoms with Crippen molar-refractivity contribution in [2.24, 2.45) is 0 Å². The molecule has 4 aromatic heterocycles. The first-order valence-corrected chi connectivity index (χ1v) is 14.2. The number of hydrogen-bond acceptors (Lipinski definition) is 4. The molecule has 0 spiro atoms. The number of furan rings is 1. The Bertz CT molecular complexity index is 2460. The van der Waals surface area contributed by atoms with E-state index in [0.29, 0.717) is 5.71 Å². The van der Waals surface area contributed by atoms with Crippen LogP contribution in [0.2, 0.25) is 0 Å². The van der Waals surface area contributed by atoms with Gasteiger partial charge in [-0.2, -0.15) is 0 Å². The van der Waals surface area contributed by atoms with Crippen molar-refractivity contribution in [3.63, 3.8) is 0 Å². The van der Waals surface area contributed by atoms with E-state index in [-0.39, 0.29) is 0 Å². The molecule has 0 saturated heterocycles. The van der Waals surface area contributed by atoms with Gasteiger partial charge in [-0.05, 0) is 48.2 Å². The van der Waals surface area contributed by atoms with E-state index >= 15 is 0 Å². The SMILES string of the molecule is Cc1ccc(-n2c(-c3cccc4c3oc3ncc5ccccc5c34)nc3ccccc32)c2sc3ccccc3c12. The number of imidazole rings is 1. The fourth-order valence-corrected chi connectivity index (χ4v) is 7.49. The second-order valence-corrected chi connectivity index (χ2v) is 11.3. The summed E-state index contributed by atoms with van der Waals surface area (Å²) in [7, 11) is 0. The zero-order valence-corrected chi connectivity index (χ0v) is 22.4. The molecule has 0 amide bonds. The number of benzene rings is 5. The Morgan fingerprint density at radius 1 is 0.725 bits per heavy atom. The molecule has 0 fully saturated rings. The molecule has 5 aromatic carbocycles. The number of pyridine rings is 1. The Morgan fingerprint density at radius 2 is 1.52 bits per heavy atom. The summed E-state index contributed by atoms with van der Waals surface area (Å²) in [6, 6.07) is 36.2. The molecule has 0 atom stereocenters. The first-order valence-electron chi connectivity index (χ1n) is 13.3. The van der Waals surface area contributed by atoms with Crippen LogP contribution in [0.1, 0.15) is 5.56 Å². The molecule has 0 radical (unpaired) electrons. The normalized spacial score (nSPS) is 12.1. The van der Waals surface area contributed by atoms with Crippen molar-refractivity contribution in [2.75, 3.05) is 0 Å². The molecule has 0 N–H and O–H groups in total. The number of aromatic nitrogens is 3. The highest BCUT2D eigenvalue weighted by atomic mass is 32.1. The van der Waals surface area contributed by atoms with Crippen LogP contribution in [0.4, 0.5) is 0 Å². The van der Waals surface area contributed by atoms with E-state index < -0.39 is 0 Å². The maximum Gasteiger partial charge on any atom is 0.227 e. The summed E-state index contributed by atoms with van der Waals surface area (Å²) >= 11 is 1.84. The summed E-state index contributed by atoms with van der Waals surface area (Å²) in [6.45, 7) is 2.20. The van der Waals surface area contributed by atoms with Gasteiger partial charge in [-0.15, -0.1) is 11.3 Å². The zero-order valence-electron chi connectivity index (χ0n) is 21.6. The Labute approximate surface area is 232 Å². The van der Waals surface area contributed by atoms with Crippen molar-refractivity contribution < 1.29 is 4.42 Å². The van der Waals surface area contributed by atoms with Crippen molar-refractivity contribution in [3.05, 3.63) is 115 Å². The average Bonchev–Trinajstić information content (AvgIpc) is 3.69. The zero-order chi connectivity index (χ0) is 26.4. The first-order chi connectivity index (χ1) is 19.8. The van der Waals surface area contributed by atoms with Gasteiger partial charge < -0.3 is 4.42 Å². The van der Waals surface area contributed by atoms with Crippen LogP contribution in [0.3, 0.4) is 0 Å². The molecule has 0 aliphatic carbocycles. The van der Waals surface area contributed by atoms with Gasteiger partial charge in [0.25, 0.3) is 0 Å². The van der Waals surface area contributed by atoms with Gasteiger partial charge in [0, 0.05) is 32.4 Å². The average molecular weight is 532 g/mol. The van der Waals surface area contributed by atoms with E-state index in [1.807, 2.05) is 29.7 Å². The van der Waals surface area contributed by atoms with E-state index in [1.54, 1.807) is 0 Å². The van der Waals surface area contributed by atoms with E-state index in [2.05, 4.69) is 107 Å². The third-order valence-electron chi connectivity index (χ3n) is 8.00. The van der Waals surface area contributed by atoms with E-state index in [9.17, 15) is 0 Å². The summed E-state index contributed by atoms with van der Waals surface area (Å²) in [5, 5.41) is 6.93. The molecule has 5 heteroatoms. The third kappa shape index (κ3) is 2.90. The lowest BCUT2D eigenvalue weighted by atomic mass is 10.0. The highest BCUT2D eigenvalue weighted by Gasteiger charge is 2.22. The Balaban J connectivity index is 1.42. The van der Waals surface area contributed by atoms with Gasteiger partial charge in [-0.3, -0.25) is 4.57 Å². The van der Waals surface area contributed by atoms with Crippen LogP contribution in [0.5, 0.6) is 0 Å². The molecular formula is C35H21N3OS. The quantitative estimate of drug-likeness (QED) is 0.223. The lowest BCUT2D eigenvalue weighted by Gasteiger charge is -2.12. The topological polar surface area (TPSA) is 43.9 Å². The summed E-state index contributed by atoms with van der Waals surface area (Å²) < 4.78 is 11.4. The van der Waals surface area contributed by atoms with Crippen LogP contribution in [0.15, 0.2) is 114 Å². The van der Waals surface area contributed by atoms with Crippen LogP contribution in [0.25, 0.3) is 81.1 Å². The maximum atomic E-state index is 6.53. The van der Waals surface area contributed by atoms with Crippen LogP contribution < -0.4 is 0 Å². The highest BCUT2D eigenvalue weighted by molar-refractivity contribution is 7.26. The van der Waals surface area contributed by atoms with Crippen LogP contribution >= 0.6 is 11.3 Å². The summed E-state index contributed by atoms with van der Waals surface area (Å²) in [5.74, 6) is 0.859. The molecule has 9 rings (SSSR count). The minimum Gasteiger partial charge on any atom is -0.437 e. The third-order valence-corrected chi connectivity index (χ3v) is 9.20. The minimum absolute atomic E-state index is 0.644. The van der Waals surface area contributed by atoms with Gasteiger partial charge in [-0.1, -0.05) is 72.8 Å². The van der Waals surface area contributed by atoms with Gasteiger partial charge in [0.2, 0.25) is 5.71 Å². The Morgan fingerprint density at radius 3 is 2.48 bits per heavy atom. The number of aryl methyl sites for hydroxylation is 1. The van der Waals surface area contributed by atoms with Crippen LogP contribution in [-0.4, -0.2) is 14.5 Å². The second kappa shape index (κ2) is 8.01. The predicted molar refractivity (Wildman–Crippen MR) is 167 cm³/mol. The summed E-state index contributed by atoms with van der Waals surface area (Å²) in [6.07, 6.45) is 1.89. The number of hydrogen-bond donors (Lipinski definition) is 0. The number of rotatable bonds is 2. The Kier molecular flexibility index (Phi) is 4.38. The highest BCUT2D eigenvalue weighted by Crippen LogP contribution is 2.43. The van der Waals surface area contributed by atoms with Gasteiger partial charge >= 0.3 is 0 Å². The van der Waals surface area contributed by atoms with Crippen molar-refractivity contribution in [1.29, 1.82) is 0 Å². The molecule has 0 unspecified atom stereocenters. The predicted octanol–water partition coefficient (Wildman–Crippen LogP) is 9.82. The van der Waals surface area contributed by atoms with E-state index in [0.717, 1.165) is 55.2 Å². The van der Waals surface area contributed by atoms with E-state index in [1.165, 1.54) is 25.7 Å². The minimum atomic E-state index is 0.644. The second-order valence-electron chi connectivity index (χ2n) is 10.3. The number of para-hydroxylation sites is 3. The van der Waals surface area contributed by atoms with Gasteiger partial charge in [0.1, 0.15) is 11.4 Å². The van der Waals surface area contributed by atoms with Crippen molar-refractivity contribution in [1.82, 2.24) is 14.5 Å². The molecule has 0 saturated carbocycles. The molecule has 188 valence electrons. The first kappa shape index (κ1) is 21.9. The molecule has 0 bridgehead atoms. The Hall–Kier alpha value is -5.00.